The van der Waals surface area contributed by atoms with Crippen molar-refractivity contribution in [2.45, 2.75) is 0 Å². The molecule has 1 aromatic carbocycles. The average Bonchev–Trinajstić information content (AvgIpc) is 2.34. The van der Waals surface area contributed by atoms with Gasteiger partial charge in [0, 0.05) is 5.39 Å². The molecule has 0 saturated heterocycles. The number of hydrogen-bond donors (Lipinski definition) is 1. The molecule has 4 heteroatoms. The fourth-order valence-electron chi connectivity index (χ4n) is 1.04. The number of aromatic amines is 1. The molecule has 2 rings (SSSR count). The Labute approximate surface area is 63.8 Å². The van der Waals surface area contributed by atoms with Gasteiger partial charge in [-0.2, -0.15) is 5.10 Å². The molecule has 0 aliphatic rings. The third kappa shape index (κ3) is 0.907. The van der Waals surface area contributed by atoms with Gasteiger partial charge in [0.2, 0.25) is 0 Å². The molecule has 0 fully saturated rings. The molecule has 0 saturated carbocycles. The molecule has 1 N–H and O–H groups in total. The molecule has 0 unspecified atom stereocenters. The van der Waals surface area contributed by atoms with Gasteiger partial charge in [0.05, 0.1) is 6.20 Å². The first-order valence-corrected chi connectivity index (χ1v) is 3.15. The Morgan fingerprint density at radius 3 is 3.09 bits per heavy atom. The smallest absolute Gasteiger partial charge is 0.148 e. The summed E-state index contributed by atoms with van der Waals surface area (Å²) in [5.41, 5.74) is 0.815. The van der Waals surface area contributed by atoms with Crippen LogP contribution in [0.1, 0.15) is 0 Å². The van der Waals surface area contributed by atoms with E-state index in [1.165, 1.54) is 12.3 Å². The van der Waals surface area contributed by atoms with E-state index in [-0.39, 0.29) is 5.82 Å². The molecule has 0 aliphatic heterocycles. The van der Waals surface area contributed by atoms with Gasteiger partial charge in [-0.1, -0.05) is 11.5 Å². The highest BCUT2D eigenvalue weighted by molar-refractivity contribution is 6.33. The Morgan fingerprint density at radius 1 is 1.45 bits per heavy atom. The van der Waals surface area contributed by atoms with Crippen LogP contribution >= 0.6 is 0 Å². The lowest BCUT2D eigenvalue weighted by Gasteiger charge is -1.93. The fourth-order valence-corrected chi connectivity index (χ4v) is 1.04. The number of halogens is 1. The van der Waals surface area contributed by atoms with E-state index in [0.29, 0.717) is 16.4 Å². The van der Waals surface area contributed by atoms with E-state index < -0.39 is 0 Å². The quantitative estimate of drug-likeness (QED) is 0.538. The highest BCUT2D eigenvalue weighted by Crippen LogP contribution is 2.11. The number of benzene rings is 1. The molecule has 2 radical (unpaired) electrons. The summed E-state index contributed by atoms with van der Waals surface area (Å²) in [5, 5.41) is 6.91. The average molecular weight is 146 g/mol. The van der Waals surface area contributed by atoms with Crippen LogP contribution < -0.4 is 5.46 Å². The SMILES string of the molecule is [B]c1cc(F)c2[nH]ncc2c1. The highest BCUT2D eigenvalue weighted by Gasteiger charge is 2.01. The van der Waals surface area contributed by atoms with Crippen molar-refractivity contribution in [3.05, 3.63) is 24.1 Å². The molecule has 0 bridgehead atoms. The number of fused-ring (bicyclic) bond motifs is 1. The monoisotopic (exact) mass is 146 g/mol. The van der Waals surface area contributed by atoms with Gasteiger partial charge in [-0.25, -0.2) is 4.39 Å². The standard InChI is InChI=1S/C7H4BFN2/c8-5-1-4-3-10-11-7(4)6(9)2-5/h1-3H,(H,10,11). The third-order valence-electron chi connectivity index (χ3n) is 1.52. The number of H-pyrrole nitrogens is 1. The van der Waals surface area contributed by atoms with Gasteiger partial charge in [-0.3, -0.25) is 5.10 Å². The predicted octanol–water partition coefficient (Wildman–Crippen LogP) is 0.496. The van der Waals surface area contributed by atoms with Gasteiger partial charge in [0.25, 0.3) is 0 Å². The van der Waals surface area contributed by atoms with Crippen LogP contribution in [0.5, 0.6) is 0 Å². The van der Waals surface area contributed by atoms with Crippen molar-refractivity contribution < 1.29 is 4.39 Å². The first kappa shape index (κ1) is 6.40. The molecule has 1 aromatic heterocycles. The minimum absolute atomic E-state index is 0.363. The van der Waals surface area contributed by atoms with Crippen molar-refractivity contribution in [3.63, 3.8) is 0 Å². The number of rotatable bonds is 0. The zero-order valence-corrected chi connectivity index (χ0v) is 5.63. The summed E-state index contributed by atoms with van der Waals surface area (Å²) in [5.74, 6) is -0.363. The zero-order valence-electron chi connectivity index (χ0n) is 5.63. The molecule has 0 aliphatic carbocycles. The lowest BCUT2D eigenvalue weighted by atomic mass is 9.95. The molecule has 0 spiro atoms. The molecule has 1 heterocycles. The summed E-state index contributed by atoms with van der Waals surface area (Å²) < 4.78 is 12.9. The van der Waals surface area contributed by atoms with Gasteiger partial charge in [0.15, 0.2) is 0 Å². The molecular weight excluding hydrogens is 142 g/mol. The predicted molar refractivity (Wildman–Crippen MR) is 41.4 cm³/mol. The number of nitrogens with zero attached hydrogens (tertiary/aromatic N) is 1. The maximum Gasteiger partial charge on any atom is 0.148 e. The molecular formula is C7H4BFN2. The normalized spacial score (nSPS) is 10.6. The summed E-state index contributed by atoms with van der Waals surface area (Å²) in [6.45, 7) is 0. The Balaban J connectivity index is 2.91. The van der Waals surface area contributed by atoms with Crippen molar-refractivity contribution in [3.8, 4) is 0 Å². The molecule has 0 atom stereocenters. The van der Waals surface area contributed by atoms with Crippen LogP contribution in [-0.2, 0) is 0 Å². The van der Waals surface area contributed by atoms with Crippen LogP contribution in [0.25, 0.3) is 10.9 Å². The summed E-state index contributed by atoms with van der Waals surface area (Å²) in [6, 6.07) is 2.93. The zero-order chi connectivity index (χ0) is 7.84. The van der Waals surface area contributed by atoms with Gasteiger partial charge in [0.1, 0.15) is 19.2 Å². The summed E-state index contributed by atoms with van der Waals surface area (Å²) >= 11 is 0. The second kappa shape index (κ2) is 2.08. The first-order chi connectivity index (χ1) is 5.27. The minimum atomic E-state index is -0.363. The first-order valence-electron chi connectivity index (χ1n) is 3.15. The van der Waals surface area contributed by atoms with Crippen LogP contribution in [0.4, 0.5) is 4.39 Å². The van der Waals surface area contributed by atoms with Crippen molar-refractivity contribution in [2.75, 3.05) is 0 Å². The third-order valence-corrected chi connectivity index (χ3v) is 1.52. The van der Waals surface area contributed by atoms with E-state index in [0.717, 1.165) is 0 Å². The van der Waals surface area contributed by atoms with Crippen molar-refractivity contribution in [1.29, 1.82) is 0 Å². The van der Waals surface area contributed by atoms with Gasteiger partial charge in [-0.05, 0) is 6.07 Å². The maximum atomic E-state index is 12.9. The Morgan fingerprint density at radius 2 is 2.27 bits per heavy atom. The fraction of sp³-hybridized carbons (Fsp3) is 0. The summed E-state index contributed by atoms with van der Waals surface area (Å²) in [7, 11) is 5.40. The number of aromatic nitrogens is 2. The van der Waals surface area contributed by atoms with Crippen LogP contribution in [0.2, 0.25) is 0 Å². The van der Waals surface area contributed by atoms with E-state index >= 15 is 0 Å². The largest absolute Gasteiger partial charge is 0.275 e. The van der Waals surface area contributed by atoms with Gasteiger partial charge >= 0.3 is 0 Å². The van der Waals surface area contributed by atoms with Gasteiger partial charge in [-0.15, -0.1) is 0 Å². The van der Waals surface area contributed by atoms with Crippen LogP contribution in [0.15, 0.2) is 18.3 Å². The molecule has 2 aromatic rings. The lowest BCUT2D eigenvalue weighted by Crippen LogP contribution is -2.01. The Hall–Kier alpha value is -1.32. The van der Waals surface area contributed by atoms with Gasteiger partial charge < -0.3 is 0 Å². The Bertz CT molecular complexity index is 396. The summed E-state index contributed by atoms with van der Waals surface area (Å²) in [6.07, 6.45) is 1.54. The van der Waals surface area contributed by atoms with Crippen molar-refractivity contribution >= 4 is 24.2 Å². The second-order valence-corrected chi connectivity index (χ2v) is 2.34. The molecule has 52 valence electrons. The minimum Gasteiger partial charge on any atom is -0.275 e. The molecule has 11 heavy (non-hydrogen) atoms. The van der Waals surface area contributed by atoms with Crippen LogP contribution in [0.3, 0.4) is 0 Å². The summed E-state index contributed by atoms with van der Waals surface area (Å²) in [4.78, 5) is 0. The second-order valence-electron chi connectivity index (χ2n) is 2.34. The van der Waals surface area contributed by atoms with Crippen LogP contribution in [-0.4, -0.2) is 18.0 Å². The van der Waals surface area contributed by atoms with Crippen LogP contribution in [0, 0.1) is 5.82 Å². The Kier molecular flexibility index (Phi) is 1.21. The maximum absolute atomic E-state index is 12.9. The topological polar surface area (TPSA) is 28.7 Å². The number of nitrogens with one attached hydrogen (secondary N) is 1. The molecule has 2 nitrogen and oxygen atoms in total. The molecule has 0 amide bonds. The van der Waals surface area contributed by atoms with E-state index in [9.17, 15) is 4.39 Å². The van der Waals surface area contributed by atoms with E-state index in [1.807, 2.05) is 0 Å². The van der Waals surface area contributed by atoms with E-state index in [2.05, 4.69) is 10.2 Å². The lowest BCUT2D eigenvalue weighted by molar-refractivity contribution is 0.637. The van der Waals surface area contributed by atoms with E-state index in [4.69, 9.17) is 7.85 Å². The van der Waals surface area contributed by atoms with Crippen molar-refractivity contribution in [2.24, 2.45) is 0 Å². The number of hydrogen-bond acceptors (Lipinski definition) is 1. The van der Waals surface area contributed by atoms with E-state index in [1.54, 1.807) is 6.07 Å². The highest BCUT2D eigenvalue weighted by atomic mass is 19.1. The van der Waals surface area contributed by atoms with Crippen molar-refractivity contribution in [1.82, 2.24) is 10.2 Å².